The monoisotopic (exact) mass is 513 g/mol. The van der Waals surface area contributed by atoms with E-state index in [-0.39, 0.29) is 12.6 Å². The molecule has 1 aromatic heterocycles. The molecule has 3 aromatic rings. The van der Waals surface area contributed by atoms with Gasteiger partial charge in [-0.15, -0.1) is 0 Å². The average molecular weight is 513 g/mol. The van der Waals surface area contributed by atoms with Crippen LogP contribution in [0.2, 0.25) is 0 Å². The van der Waals surface area contributed by atoms with Crippen LogP contribution in [-0.2, 0) is 27.1 Å². The normalized spacial score (nSPS) is 14.6. The lowest BCUT2D eigenvalue weighted by atomic mass is 9.85. The lowest BCUT2D eigenvalue weighted by molar-refractivity contribution is -0.162. The highest BCUT2D eigenvalue weighted by atomic mass is 16.6. The Morgan fingerprint density at radius 3 is 2.53 bits per heavy atom. The van der Waals surface area contributed by atoms with Crippen molar-refractivity contribution in [2.75, 3.05) is 13.2 Å². The molecule has 0 saturated carbocycles. The maximum atomic E-state index is 12.8. The minimum absolute atomic E-state index is 0.0887. The van der Waals surface area contributed by atoms with Crippen molar-refractivity contribution in [1.29, 1.82) is 0 Å². The van der Waals surface area contributed by atoms with E-state index in [0.717, 1.165) is 70.5 Å². The predicted octanol–water partition coefficient (Wildman–Crippen LogP) is 6.34. The Kier molecular flexibility index (Phi) is 7.95. The fourth-order valence-corrected chi connectivity index (χ4v) is 5.06. The molecule has 0 saturated heterocycles. The molecule has 0 amide bonds. The van der Waals surface area contributed by atoms with Crippen molar-refractivity contribution in [1.82, 2.24) is 4.98 Å². The second-order valence-electron chi connectivity index (χ2n) is 12.3. The van der Waals surface area contributed by atoms with Crippen LogP contribution in [0.25, 0.3) is 22.0 Å². The third-order valence-corrected chi connectivity index (χ3v) is 6.79. The van der Waals surface area contributed by atoms with Gasteiger partial charge in [0.05, 0.1) is 23.1 Å². The quantitative estimate of drug-likeness (QED) is 0.285. The van der Waals surface area contributed by atoms with E-state index in [1.54, 1.807) is 0 Å². The molecule has 0 fully saturated rings. The Balaban J connectivity index is 1.99. The van der Waals surface area contributed by atoms with Gasteiger partial charge in [0, 0.05) is 16.6 Å². The number of pyridine rings is 1. The highest BCUT2D eigenvalue weighted by molar-refractivity contribution is 6.33. The first kappa shape index (κ1) is 28.2. The van der Waals surface area contributed by atoms with Gasteiger partial charge in [-0.25, -0.2) is 0 Å². The number of carbonyl (C=O) groups is 1. The van der Waals surface area contributed by atoms with Crippen molar-refractivity contribution in [3.8, 4) is 16.9 Å². The molecule has 200 valence electrons. The van der Waals surface area contributed by atoms with Crippen LogP contribution in [0.4, 0.5) is 0 Å². The number of esters is 1. The number of aryl methyl sites for hydroxylation is 3. The van der Waals surface area contributed by atoms with E-state index in [1.807, 2.05) is 60.6 Å². The van der Waals surface area contributed by atoms with Gasteiger partial charge in [0.25, 0.3) is 0 Å². The highest BCUT2D eigenvalue weighted by Crippen LogP contribution is 2.41. The van der Waals surface area contributed by atoms with Crippen molar-refractivity contribution in [3.05, 3.63) is 52.7 Å². The van der Waals surface area contributed by atoms with Crippen LogP contribution in [0.5, 0.6) is 5.75 Å². The Morgan fingerprint density at radius 1 is 1.13 bits per heavy atom. The number of rotatable bonds is 6. The summed E-state index contributed by atoms with van der Waals surface area (Å²) in [7, 11) is 6.42. The first-order valence-electron chi connectivity index (χ1n) is 13.6. The van der Waals surface area contributed by atoms with E-state index in [1.165, 1.54) is 5.56 Å². The van der Waals surface area contributed by atoms with Gasteiger partial charge in [0.2, 0.25) is 0 Å². The summed E-state index contributed by atoms with van der Waals surface area (Å²) in [5.74, 6) is 0.670. The maximum absolute atomic E-state index is 12.8. The maximum Gasteiger partial charge on any atom is 0.311 e. The van der Waals surface area contributed by atoms with Crippen LogP contribution in [0, 0.1) is 12.3 Å². The van der Waals surface area contributed by atoms with Gasteiger partial charge in [-0.1, -0.05) is 30.6 Å². The Morgan fingerprint density at radius 2 is 1.87 bits per heavy atom. The summed E-state index contributed by atoms with van der Waals surface area (Å²) in [5, 5.41) is 0.976. The molecular weight excluding hydrogens is 473 g/mol. The largest absolute Gasteiger partial charge is 0.493 e. The third kappa shape index (κ3) is 6.07. The summed E-state index contributed by atoms with van der Waals surface area (Å²) in [5.41, 5.74) is 6.66. The van der Waals surface area contributed by atoms with E-state index >= 15 is 0 Å². The van der Waals surface area contributed by atoms with Crippen molar-refractivity contribution < 1.29 is 19.0 Å². The van der Waals surface area contributed by atoms with Crippen molar-refractivity contribution in [3.63, 3.8) is 0 Å². The summed E-state index contributed by atoms with van der Waals surface area (Å²) in [4.78, 5) is 17.9. The van der Waals surface area contributed by atoms with E-state index in [0.29, 0.717) is 5.46 Å². The standard InChI is InChI=1S/C32H40BNO4/c1-9-20-16-23(33)17-24-28(22-12-13-25-21(15-22)11-10-14-36-25)27(19(2)34-29(20)24)26(38-32(6,7)8)18-37-30(35)31(3,4)5/h12-13,15-17,26H,9-11,14,18H2,1-8H3/t26-/m1/s1. The fourth-order valence-electron chi connectivity index (χ4n) is 5.06. The molecule has 2 heterocycles. The Bertz CT molecular complexity index is 1350. The third-order valence-electron chi connectivity index (χ3n) is 6.79. The first-order valence-corrected chi connectivity index (χ1v) is 13.6. The first-order chi connectivity index (χ1) is 17.8. The molecule has 4 rings (SSSR count). The number of carbonyl (C=O) groups excluding carboxylic acids is 1. The topological polar surface area (TPSA) is 57.7 Å². The lowest BCUT2D eigenvalue weighted by Gasteiger charge is -2.31. The lowest BCUT2D eigenvalue weighted by Crippen LogP contribution is -2.30. The van der Waals surface area contributed by atoms with Gasteiger partial charge in [-0.05, 0) is 102 Å². The number of ether oxygens (including phenoxy) is 3. The second-order valence-corrected chi connectivity index (χ2v) is 12.3. The minimum Gasteiger partial charge on any atom is -0.493 e. The predicted molar refractivity (Wildman–Crippen MR) is 154 cm³/mol. The van der Waals surface area contributed by atoms with Gasteiger partial charge >= 0.3 is 5.97 Å². The van der Waals surface area contributed by atoms with Crippen molar-refractivity contribution in [2.45, 2.75) is 86.4 Å². The van der Waals surface area contributed by atoms with Gasteiger partial charge in [0.1, 0.15) is 26.3 Å². The zero-order valence-corrected chi connectivity index (χ0v) is 24.2. The molecule has 0 aliphatic carbocycles. The molecule has 2 radical (unpaired) electrons. The van der Waals surface area contributed by atoms with Gasteiger partial charge in [0.15, 0.2) is 0 Å². The van der Waals surface area contributed by atoms with Crippen LogP contribution in [0.15, 0.2) is 30.3 Å². The van der Waals surface area contributed by atoms with Crippen LogP contribution < -0.4 is 10.2 Å². The number of aromatic nitrogens is 1. The highest BCUT2D eigenvalue weighted by Gasteiger charge is 2.31. The molecular formula is C32H40BNO4. The zero-order valence-electron chi connectivity index (χ0n) is 24.2. The molecule has 5 nitrogen and oxygen atoms in total. The number of nitrogens with zero attached hydrogens (tertiary/aromatic N) is 1. The molecule has 0 spiro atoms. The van der Waals surface area contributed by atoms with E-state index < -0.39 is 17.1 Å². The molecule has 1 atom stereocenters. The van der Waals surface area contributed by atoms with E-state index in [9.17, 15) is 4.79 Å². The van der Waals surface area contributed by atoms with Gasteiger partial charge in [-0.3, -0.25) is 9.78 Å². The summed E-state index contributed by atoms with van der Waals surface area (Å²) in [6.45, 7) is 16.6. The SMILES string of the molecule is [B]c1cc(CC)c2nc(C)c([C@@H](COC(=O)C(C)(C)C)OC(C)(C)C)c(-c3ccc4c(c3)CCCO4)c2c1. The Hall–Kier alpha value is -2.86. The summed E-state index contributed by atoms with van der Waals surface area (Å²) < 4.78 is 18.4. The summed E-state index contributed by atoms with van der Waals surface area (Å²) in [6, 6.07) is 10.4. The Labute approximate surface area is 228 Å². The summed E-state index contributed by atoms with van der Waals surface area (Å²) >= 11 is 0. The smallest absolute Gasteiger partial charge is 0.311 e. The van der Waals surface area contributed by atoms with E-state index in [2.05, 4.69) is 25.1 Å². The molecule has 1 aliphatic rings. The molecule has 38 heavy (non-hydrogen) atoms. The van der Waals surface area contributed by atoms with Gasteiger partial charge < -0.3 is 14.2 Å². The van der Waals surface area contributed by atoms with Gasteiger partial charge in [-0.2, -0.15) is 0 Å². The average Bonchev–Trinajstić information content (AvgIpc) is 2.84. The fraction of sp³-hybridized carbons (Fsp3) is 0.500. The molecule has 0 N–H and O–H groups in total. The molecule has 2 aromatic carbocycles. The van der Waals surface area contributed by atoms with Crippen molar-refractivity contribution in [2.24, 2.45) is 5.41 Å². The van der Waals surface area contributed by atoms with Crippen LogP contribution in [-0.4, -0.2) is 37.6 Å². The van der Waals surface area contributed by atoms with Crippen LogP contribution in [0.3, 0.4) is 0 Å². The number of fused-ring (bicyclic) bond motifs is 2. The number of benzene rings is 2. The van der Waals surface area contributed by atoms with Crippen LogP contribution >= 0.6 is 0 Å². The van der Waals surface area contributed by atoms with E-state index in [4.69, 9.17) is 27.0 Å². The van der Waals surface area contributed by atoms with Crippen molar-refractivity contribution >= 4 is 30.2 Å². The molecule has 0 bridgehead atoms. The molecule has 1 aliphatic heterocycles. The second kappa shape index (κ2) is 10.7. The molecule has 6 heteroatoms. The number of hydrogen-bond acceptors (Lipinski definition) is 5. The van der Waals surface area contributed by atoms with Crippen LogP contribution in [0.1, 0.15) is 83.4 Å². The number of hydrogen-bond donors (Lipinski definition) is 0. The summed E-state index contributed by atoms with van der Waals surface area (Å²) in [6.07, 6.45) is 2.25. The zero-order chi connectivity index (χ0) is 27.8. The molecule has 0 unspecified atom stereocenters. The minimum atomic E-state index is -0.616.